The Morgan fingerprint density at radius 2 is 1.64 bits per heavy atom. The van der Waals surface area contributed by atoms with Crippen LogP contribution in [0.25, 0.3) is 0 Å². The first-order valence-corrected chi connectivity index (χ1v) is 15.6. The SMILES string of the molecule is COCCOCOc1ccc2c(c1)CC[C@H](c1ccccc1)[C@@H]2c1cc(F)c(N2CCC(CC(OC)OC)CC2)cc1OC. The molecule has 0 saturated carbocycles. The zero-order valence-corrected chi connectivity index (χ0v) is 26.4. The fourth-order valence-electron chi connectivity index (χ4n) is 6.83. The lowest BCUT2D eigenvalue weighted by Crippen LogP contribution is -2.35. The lowest BCUT2D eigenvalue weighted by Gasteiger charge is -2.37. The van der Waals surface area contributed by atoms with Crippen LogP contribution in [0.15, 0.2) is 60.7 Å². The predicted octanol–water partition coefficient (Wildman–Crippen LogP) is 6.92. The van der Waals surface area contributed by atoms with Gasteiger partial charge in [-0.15, -0.1) is 0 Å². The number of anilines is 1. The third-order valence-electron chi connectivity index (χ3n) is 9.19. The highest BCUT2D eigenvalue weighted by Crippen LogP contribution is 2.50. The largest absolute Gasteiger partial charge is 0.496 e. The molecule has 7 nitrogen and oxygen atoms in total. The highest BCUT2D eigenvalue weighted by molar-refractivity contribution is 5.59. The summed E-state index contributed by atoms with van der Waals surface area (Å²) in [6, 6.07) is 20.4. The Balaban J connectivity index is 1.42. The van der Waals surface area contributed by atoms with E-state index in [9.17, 15) is 0 Å². The van der Waals surface area contributed by atoms with Crippen LogP contribution in [0.3, 0.4) is 0 Å². The summed E-state index contributed by atoms with van der Waals surface area (Å²) >= 11 is 0. The first-order valence-electron chi connectivity index (χ1n) is 15.6. The number of methoxy groups -OCH3 is 4. The van der Waals surface area contributed by atoms with Crippen molar-refractivity contribution in [3.05, 3.63) is 88.7 Å². The van der Waals surface area contributed by atoms with Gasteiger partial charge in [0.1, 0.15) is 17.3 Å². The van der Waals surface area contributed by atoms with Gasteiger partial charge >= 0.3 is 0 Å². The van der Waals surface area contributed by atoms with Crippen molar-refractivity contribution in [1.29, 1.82) is 0 Å². The zero-order chi connectivity index (χ0) is 30.9. The van der Waals surface area contributed by atoms with E-state index in [0.29, 0.717) is 30.6 Å². The quantitative estimate of drug-likeness (QED) is 0.146. The first-order chi connectivity index (χ1) is 21.6. The molecule has 3 aromatic rings. The van der Waals surface area contributed by atoms with Gasteiger partial charge in [-0.25, -0.2) is 4.39 Å². The molecule has 2 aliphatic rings. The molecule has 1 fully saturated rings. The van der Waals surface area contributed by atoms with E-state index in [-0.39, 0.29) is 30.7 Å². The van der Waals surface area contributed by atoms with Crippen LogP contribution in [-0.2, 0) is 25.4 Å². The molecule has 0 unspecified atom stereocenters. The molecule has 0 spiro atoms. The zero-order valence-electron chi connectivity index (χ0n) is 26.4. The Morgan fingerprint density at radius 1 is 0.864 bits per heavy atom. The van der Waals surface area contributed by atoms with Gasteiger partial charge < -0.3 is 33.3 Å². The standard InChI is InChI=1S/C36H46FNO6/c1-39-18-19-43-24-44-28-11-13-30-27(21-28)10-12-29(26-8-6-5-7-9-26)36(30)31-22-32(37)33(23-34(31)40-2)38-16-14-25(15-17-38)20-35(41-3)42-4/h5-9,11,13,21-23,25,29,35-36H,10,12,14-20,24H2,1-4H3/t29-,36+/m1/s1. The Morgan fingerprint density at radius 3 is 2.34 bits per heavy atom. The molecular formula is C36H46FNO6. The van der Waals surface area contributed by atoms with Crippen LogP contribution in [0.2, 0.25) is 0 Å². The molecular weight excluding hydrogens is 561 g/mol. The highest BCUT2D eigenvalue weighted by atomic mass is 19.1. The van der Waals surface area contributed by atoms with Gasteiger partial charge in [0.05, 0.1) is 26.0 Å². The highest BCUT2D eigenvalue weighted by Gasteiger charge is 2.35. The molecule has 8 heteroatoms. The van der Waals surface area contributed by atoms with Gasteiger partial charge in [0, 0.05) is 58.4 Å². The maximum absolute atomic E-state index is 16.1. The van der Waals surface area contributed by atoms with Crippen LogP contribution in [0.5, 0.6) is 11.5 Å². The van der Waals surface area contributed by atoms with E-state index in [2.05, 4.69) is 41.3 Å². The van der Waals surface area contributed by atoms with E-state index >= 15 is 4.39 Å². The van der Waals surface area contributed by atoms with Gasteiger partial charge in [0.15, 0.2) is 13.1 Å². The van der Waals surface area contributed by atoms with Crippen LogP contribution in [-0.4, -0.2) is 67.8 Å². The van der Waals surface area contributed by atoms with Crippen LogP contribution in [0.4, 0.5) is 10.1 Å². The van der Waals surface area contributed by atoms with Crippen molar-refractivity contribution in [1.82, 2.24) is 0 Å². The number of halogens is 1. The normalized spacial score (nSPS) is 18.8. The van der Waals surface area contributed by atoms with Crippen molar-refractivity contribution in [3.8, 4) is 11.5 Å². The predicted molar refractivity (Wildman–Crippen MR) is 169 cm³/mol. The lowest BCUT2D eigenvalue weighted by molar-refractivity contribution is -0.115. The summed E-state index contributed by atoms with van der Waals surface area (Å²) in [5.41, 5.74) is 5.10. The van der Waals surface area contributed by atoms with Crippen molar-refractivity contribution < 1.29 is 32.8 Å². The second kappa shape index (κ2) is 15.7. The van der Waals surface area contributed by atoms with Crippen molar-refractivity contribution >= 4 is 5.69 Å². The third-order valence-corrected chi connectivity index (χ3v) is 9.19. The summed E-state index contributed by atoms with van der Waals surface area (Å²) in [5.74, 6) is 1.86. The minimum Gasteiger partial charge on any atom is -0.496 e. The third kappa shape index (κ3) is 7.54. The summed E-state index contributed by atoms with van der Waals surface area (Å²) in [5, 5.41) is 0. The summed E-state index contributed by atoms with van der Waals surface area (Å²) in [4.78, 5) is 2.15. The average Bonchev–Trinajstić information content (AvgIpc) is 3.07. The Bertz CT molecular complexity index is 1330. The summed E-state index contributed by atoms with van der Waals surface area (Å²) in [6.45, 7) is 2.72. The second-order valence-corrected chi connectivity index (χ2v) is 11.7. The molecule has 1 heterocycles. The number of rotatable bonds is 14. The number of ether oxygens (including phenoxy) is 6. The average molecular weight is 608 g/mol. The minimum absolute atomic E-state index is 0.0718. The molecule has 1 aliphatic carbocycles. The van der Waals surface area contributed by atoms with Gasteiger partial charge in [-0.1, -0.05) is 36.4 Å². The minimum atomic E-state index is -0.210. The number of hydrogen-bond donors (Lipinski definition) is 0. The molecule has 0 radical (unpaired) electrons. The van der Waals surface area contributed by atoms with Crippen molar-refractivity contribution in [2.24, 2.45) is 5.92 Å². The van der Waals surface area contributed by atoms with E-state index in [0.717, 1.165) is 56.5 Å². The number of aryl methyl sites for hydroxylation is 1. The molecule has 0 bridgehead atoms. The van der Waals surface area contributed by atoms with Gasteiger partial charge in [0.2, 0.25) is 0 Å². The topological polar surface area (TPSA) is 58.6 Å². The summed E-state index contributed by atoms with van der Waals surface area (Å²) in [6.07, 6.45) is 4.40. The second-order valence-electron chi connectivity index (χ2n) is 11.7. The summed E-state index contributed by atoms with van der Waals surface area (Å²) < 4.78 is 49.4. The number of piperidine rings is 1. The number of nitrogens with zero attached hydrogens (tertiary/aromatic N) is 1. The smallest absolute Gasteiger partial charge is 0.189 e. The lowest BCUT2D eigenvalue weighted by atomic mass is 9.69. The number of hydrogen-bond acceptors (Lipinski definition) is 7. The molecule has 3 aromatic carbocycles. The fourth-order valence-corrected chi connectivity index (χ4v) is 6.83. The maximum atomic E-state index is 16.1. The van der Waals surface area contributed by atoms with Crippen LogP contribution < -0.4 is 14.4 Å². The van der Waals surface area contributed by atoms with E-state index < -0.39 is 0 Å². The molecule has 2 atom stereocenters. The maximum Gasteiger partial charge on any atom is 0.189 e. The van der Waals surface area contributed by atoms with Gasteiger partial charge in [0.25, 0.3) is 0 Å². The summed E-state index contributed by atoms with van der Waals surface area (Å²) in [7, 11) is 6.68. The molecule has 0 aromatic heterocycles. The van der Waals surface area contributed by atoms with Gasteiger partial charge in [-0.2, -0.15) is 0 Å². The molecule has 5 rings (SSSR count). The number of fused-ring (bicyclic) bond motifs is 1. The monoisotopic (exact) mass is 607 g/mol. The van der Waals surface area contributed by atoms with Gasteiger partial charge in [-0.3, -0.25) is 0 Å². The van der Waals surface area contributed by atoms with E-state index in [1.807, 2.05) is 18.2 Å². The Hall–Kier alpha value is -3.17. The fraction of sp³-hybridized carbons (Fsp3) is 0.500. The van der Waals surface area contributed by atoms with Crippen molar-refractivity contribution in [3.63, 3.8) is 0 Å². The van der Waals surface area contributed by atoms with Crippen molar-refractivity contribution in [2.45, 2.75) is 50.2 Å². The van der Waals surface area contributed by atoms with E-state index in [4.69, 9.17) is 28.4 Å². The molecule has 0 amide bonds. The van der Waals surface area contributed by atoms with Crippen LogP contribution in [0, 0.1) is 11.7 Å². The van der Waals surface area contributed by atoms with Crippen LogP contribution in [0.1, 0.15) is 59.8 Å². The van der Waals surface area contributed by atoms with Crippen molar-refractivity contribution in [2.75, 3.05) is 66.4 Å². The first kappa shape index (κ1) is 32.2. The number of benzene rings is 3. The van der Waals surface area contributed by atoms with E-state index in [1.54, 1.807) is 34.5 Å². The van der Waals surface area contributed by atoms with E-state index in [1.165, 1.54) is 16.7 Å². The molecule has 1 saturated heterocycles. The van der Waals surface area contributed by atoms with Gasteiger partial charge in [-0.05, 0) is 72.4 Å². The molecule has 1 aliphatic heterocycles. The van der Waals surface area contributed by atoms with Crippen LogP contribution >= 0.6 is 0 Å². The Labute approximate surface area is 261 Å². The molecule has 0 N–H and O–H groups in total. The molecule has 44 heavy (non-hydrogen) atoms. The molecule has 238 valence electrons. The Kier molecular flexibility index (Phi) is 11.5.